The smallest absolute Gasteiger partial charge is 0.0381 e. The highest BCUT2D eigenvalue weighted by Gasteiger charge is 2.42. The monoisotopic (exact) mass is 256 g/mol. The molecule has 2 heterocycles. The van der Waals surface area contributed by atoms with Crippen molar-refractivity contribution in [1.82, 2.24) is 9.21 Å². The zero-order chi connectivity index (χ0) is 12.6. The van der Waals surface area contributed by atoms with Crippen molar-refractivity contribution in [1.29, 1.82) is 0 Å². The molecule has 0 amide bonds. The van der Waals surface area contributed by atoms with Crippen LogP contribution in [0.1, 0.15) is 40.5 Å². The molecule has 0 aliphatic carbocycles. The number of rotatable bonds is 2. The maximum atomic E-state index is 2.70. The molecule has 0 aromatic rings. The number of fused-ring (bicyclic) bond motifs is 3. The van der Waals surface area contributed by atoms with Gasteiger partial charge < -0.3 is 0 Å². The van der Waals surface area contributed by atoms with Gasteiger partial charge in [0.05, 0.1) is 0 Å². The summed E-state index contributed by atoms with van der Waals surface area (Å²) >= 11 is 1.96. The Morgan fingerprint density at radius 1 is 1.18 bits per heavy atom. The van der Waals surface area contributed by atoms with Gasteiger partial charge in [-0.1, -0.05) is 25.8 Å². The standard InChI is InChI=1S/C14H28N2S/c1-11(2)15-8-12-6-7-14(3,4)13(10-15)16(9-12)17-5/h11-13H,6-10H2,1-5H3. The molecule has 2 bridgehead atoms. The molecule has 0 saturated carbocycles. The van der Waals surface area contributed by atoms with Crippen LogP contribution < -0.4 is 0 Å². The van der Waals surface area contributed by atoms with Crippen LogP contribution in [0.2, 0.25) is 0 Å². The Morgan fingerprint density at radius 3 is 2.47 bits per heavy atom. The number of nitrogens with zero attached hydrogens (tertiary/aromatic N) is 2. The zero-order valence-corrected chi connectivity index (χ0v) is 12.9. The van der Waals surface area contributed by atoms with Crippen molar-refractivity contribution in [3.05, 3.63) is 0 Å². The first kappa shape index (κ1) is 13.7. The first-order valence-electron chi connectivity index (χ1n) is 6.99. The fourth-order valence-corrected chi connectivity index (χ4v) is 4.31. The number of hydrogen-bond donors (Lipinski definition) is 0. The van der Waals surface area contributed by atoms with E-state index in [-0.39, 0.29) is 0 Å². The molecular formula is C14H28N2S. The van der Waals surface area contributed by atoms with Gasteiger partial charge in [-0.2, -0.15) is 0 Å². The van der Waals surface area contributed by atoms with E-state index in [2.05, 4.69) is 43.2 Å². The SMILES string of the molecule is CSN1CC2CCC(C)(C)C1CN(C(C)C)C2. The summed E-state index contributed by atoms with van der Waals surface area (Å²) in [7, 11) is 0. The summed E-state index contributed by atoms with van der Waals surface area (Å²) in [6, 6.07) is 1.41. The molecule has 2 aliphatic rings. The van der Waals surface area contributed by atoms with Gasteiger partial charge in [-0.05, 0) is 44.3 Å². The van der Waals surface area contributed by atoms with Gasteiger partial charge in [-0.25, -0.2) is 4.31 Å². The summed E-state index contributed by atoms with van der Waals surface area (Å²) in [5.41, 5.74) is 0.464. The molecule has 0 spiro atoms. The number of likely N-dealkylation sites (tertiary alicyclic amines) is 1. The molecule has 2 unspecified atom stereocenters. The van der Waals surface area contributed by atoms with Gasteiger partial charge in [-0.3, -0.25) is 4.90 Å². The van der Waals surface area contributed by atoms with Crippen LogP contribution in [-0.2, 0) is 0 Å². The van der Waals surface area contributed by atoms with Crippen LogP contribution in [-0.4, -0.2) is 47.2 Å². The van der Waals surface area contributed by atoms with Crippen molar-refractivity contribution < 1.29 is 0 Å². The van der Waals surface area contributed by atoms with Gasteiger partial charge in [0.15, 0.2) is 0 Å². The molecule has 2 fully saturated rings. The van der Waals surface area contributed by atoms with Crippen LogP contribution >= 0.6 is 11.9 Å². The Balaban J connectivity index is 2.25. The summed E-state index contributed by atoms with van der Waals surface area (Å²) < 4.78 is 2.67. The third-order valence-electron chi connectivity index (χ3n) is 4.75. The van der Waals surface area contributed by atoms with E-state index in [9.17, 15) is 0 Å². The Bertz CT molecular complexity index is 265. The lowest BCUT2D eigenvalue weighted by atomic mass is 9.78. The van der Waals surface area contributed by atoms with E-state index >= 15 is 0 Å². The van der Waals surface area contributed by atoms with Crippen molar-refractivity contribution >= 4 is 11.9 Å². The predicted molar refractivity (Wildman–Crippen MR) is 77.2 cm³/mol. The van der Waals surface area contributed by atoms with E-state index in [4.69, 9.17) is 0 Å². The third kappa shape index (κ3) is 2.82. The fraction of sp³-hybridized carbons (Fsp3) is 1.00. The zero-order valence-electron chi connectivity index (χ0n) is 12.1. The van der Waals surface area contributed by atoms with Crippen molar-refractivity contribution in [3.8, 4) is 0 Å². The minimum absolute atomic E-state index is 0.464. The van der Waals surface area contributed by atoms with Gasteiger partial charge in [0.25, 0.3) is 0 Å². The van der Waals surface area contributed by atoms with E-state index in [0.29, 0.717) is 17.5 Å². The first-order valence-corrected chi connectivity index (χ1v) is 8.17. The molecule has 2 rings (SSSR count). The average molecular weight is 256 g/mol. The Morgan fingerprint density at radius 2 is 1.88 bits per heavy atom. The molecular weight excluding hydrogens is 228 g/mol. The lowest BCUT2D eigenvalue weighted by Gasteiger charge is -2.42. The van der Waals surface area contributed by atoms with Crippen molar-refractivity contribution in [2.75, 3.05) is 25.9 Å². The topological polar surface area (TPSA) is 6.48 Å². The summed E-state index contributed by atoms with van der Waals surface area (Å²) in [5.74, 6) is 0.872. The molecule has 2 aliphatic heterocycles. The predicted octanol–water partition coefficient (Wildman–Crippen LogP) is 3.10. The number of hydrogen-bond acceptors (Lipinski definition) is 3. The second-order valence-electron chi connectivity index (χ2n) is 6.74. The maximum absolute atomic E-state index is 2.70. The largest absolute Gasteiger partial charge is 0.299 e. The minimum Gasteiger partial charge on any atom is -0.299 e. The van der Waals surface area contributed by atoms with Crippen LogP contribution in [0.5, 0.6) is 0 Å². The molecule has 2 saturated heterocycles. The van der Waals surface area contributed by atoms with Crippen molar-refractivity contribution in [2.24, 2.45) is 11.3 Å². The van der Waals surface area contributed by atoms with E-state index in [0.717, 1.165) is 5.92 Å². The van der Waals surface area contributed by atoms with Gasteiger partial charge in [0, 0.05) is 31.7 Å². The Hall–Kier alpha value is 0.270. The quantitative estimate of drug-likeness (QED) is 0.701. The Labute approximate surface area is 111 Å². The van der Waals surface area contributed by atoms with Gasteiger partial charge in [0.1, 0.15) is 0 Å². The summed E-state index contributed by atoms with van der Waals surface area (Å²) in [5, 5.41) is 0. The second kappa shape index (κ2) is 5.10. The molecule has 0 aromatic carbocycles. The van der Waals surface area contributed by atoms with Gasteiger partial charge in [0.2, 0.25) is 0 Å². The highest BCUT2D eigenvalue weighted by molar-refractivity contribution is 7.96. The maximum Gasteiger partial charge on any atom is 0.0381 e. The van der Waals surface area contributed by atoms with Crippen LogP contribution in [0.25, 0.3) is 0 Å². The molecule has 2 nitrogen and oxygen atoms in total. The summed E-state index contributed by atoms with van der Waals surface area (Å²) in [6.07, 6.45) is 5.05. The van der Waals surface area contributed by atoms with Crippen molar-refractivity contribution in [2.45, 2.75) is 52.6 Å². The fourth-order valence-electron chi connectivity index (χ4n) is 3.34. The second-order valence-corrected chi connectivity index (χ2v) is 7.57. The summed E-state index contributed by atoms with van der Waals surface area (Å²) in [6.45, 7) is 13.5. The average Bonchev–Trinajstić information content (AvgIpc) is 2.50. The highest BCUT2D eigenvalue weighted by Crippen LogP contribution is 2.41. The summed E-state index contributed by atoms with van der Waals surface area (Å²) in [4.78, 5) is 2.70. The van der Waals surface area contributed by atoms with Crippen LogP contribution in [0.4, 0.5) is 0 Å². The van der Waals surface area contributed by atoms with E-state index in [1.807, 2.05) is 11.9 Å². The Kier molecular flexibility index (Phi) is 4.11. The first-order chi connectivity index (χ1) is 7.94. The van der Waals surface area contributed by atoms with Crippen LogP contribution in [0.15, 0.2) is 0 Å². The van der Waals surface area contributed by atoms with E-state index < -0.39 is 0 Å². The van der Waals surface area contributed by atoms with Crippen LogP contribution in [0, 0.1) is 11.3 Å². The molecule has 0 N–H and O–H groups in total. The normalized spacial score (nSPS) is 34.9. The third-order valence-corrected chi connectivity index (χ3v) is 5.62. The lowest BCUT2D eigenvalue weighted by Crippen LogP contribution is -2.48. The lowest BCUT2D eigenvalue weighted by molar-refractivity contribution is 0.103. The van der Waals surface area contributed by atoms with Gasteiger partial charge >= 0.3 is 0 Å². The van der Waals surface area contributed by atoms with E-state index in [1.165, 1.54) is 32.5 Å². The molecule has 17 heavy (non-hydrogen) atoms. The van der Waals surface area contributed by atoms with Crippen molar-refractivity contribution in [3.63, 3.8) is 0 Å². The van der Waals surface area contributed by atoms with E-state index in [1.54, 1.807) is 0 Å². The van der Waals surface area contributed by atoms with Crippen LogP contribution in [0.3, 0.4) is 0 Å². The minimum atomic E-state index is 0.464. The molecule has 2 atom stereocenters. The molecule has 100 valence electrons. The highest BCUT2D eigenvalue weighted by atomic mass is 32.2. The molecule has 0 aromatic heterocycles. The molecule has 3 heteroatoms. The molecule has 0 radical (unpaired) electrons. The van der Waals surface area contributed by atoms with Gasteiger partial charge in [-0.15, -0.1) is 0 Å².